The summed E-state index contributed by atoms with van der Waals surface area (Å²) in [6.45, 7) is 9.93. The van der Waals surface area contributed by atoms with Crippen molar-refractivity contribution < 1.29 is 4.74 Å². The zero-order valence-corrected chi connectivity index (χ0v) is 13.6. The summed E-state index contributed by atoms with van der Waals surface area (Å²) in [5.74, 6) is 1.91. The number of nitrogens with one attached hydrogen (secondary N) is 1. The quantitative estimate of drug-likeness (QED) is 0.845. The first kappa shape index (κ1) is 15.4. The van der Waals surface area contributed by atoms with Gasteiger partial charge in [-0.1, -0.05) is 39.3 Å². The molecule has 20 heavy (non-hydrogen) atoms. The minimum absolute atomic E-state index is 0.311. The second-order valence-corrected chi connectivity index (χ2v) is 6.68. The van der Waals surface area contributed by atoms with Crippen molar-refractivity contribution in [3.05, 3.63) is 29.3 Å². The van der Waals surface area contributed by atoms with E-state index < -0.39 is 0 Å². The van der Waals surface area contributed by atoms with E-state index in [1.165, 1.54) is 30.4 Å². The maximum absolute atomic E-state index is 5.51. The Balaban J connectivity index is 2.23. The van der Waals surface area contributed by atoms with Crippen molar-refractivity contribution in [2.45, 2.75) is 58.4 Å². The van der Waals surface area contributed by atoms with Crippen LogP contribution in [0.3, 0.4) is 0 Å². The van der Waals surface area contributed by atoms with E-state index in [9.17, 15) is 0 Å². The van der Waals surface area contributed by atoms with Crippen molar-refractivity contribution in [1.29, 1.82) is 0 Å². The first-order valence-corrected chi connectivity index (χ1v) is 7.89. The van der Waals surface area contributed by atoms with E-state index in [0.29, 0.717) is 11.5 Å². The molecule has 1 fully saturated rings. The fourth-order valence-corrected chi connectivity index (χ4v) is 3.37. The highest BCUT2D eigenvalue weighted by Gasteiger charge is 2.44. The molecular formula is C18H29NO. The van der Waals surface area contributed by atoms with E-state index in [1.54, 1.807) is 7.11 Å². The van der Waals surface area contributed by atoms with Crippen LogP contribution in [-0.4, -0.2) is 19.7 Å². The minimum Gasteiger partial charge on any atom is -0.496 e. The van der Waals surface area contributed by atoms with E-state index in [-0.39, 0.29) is 0 Å². The van der Waals surface area contributed by atoms with Gasteiger partial charge in [-0.3, -0.25) is 0 Å². The lowest BCUT2D eigenvalue weighted by molar-refractivity contribution is 0.131. The summed E-state index contributed by atoms with van der Waals surface area (Å²) in [5.41, 5.74) is 2.97. The van der Waals surface area contributed by atoms with E-state index in [0.717, 1.165) is 18.2 Å². The second kappa shape index (κ2) is 6.17. The molecule has 1 aliphatic carbocycles. The van der Waals surface area contributed by atoms with E-state index >= 15 is 0 Å². The van der Waals surface area contributed by atoms with Crippen molar-refractivity contribution >= 4 is 0 Å². The van der Waals surface area contributed by atoms with Gasteiger partial charge in [-0.2, -0.15) is 0 Å². The highest BCUT2D eigenvalue weighted by atomic mass is 16.5. The standard InChI is InChI=1S/C18H29NO/c1-6-15-10-18(11-15,12-19-13(2)3)16-8-7-14(4)17(9-16)20-5/h7-9,13,15,19H,6,10-12H2,1-5H3. The van der Waals surface area contributed by atoms with Crippen molar-refractivity contribution in [3.8, 4) is 5.75 Å². The Hall–Kier alpha value is -1.02. The van der Waals surface area contributed by atoms with Crippen molar-refractivity contribution in [2.75, 3.05) is 13.7 Å². The third-order valence-electron chi connectivity index (χ3n) is 4.81. The molecule has 0 unspecified atom stereocenters. The molecule has 0 atom stereocenters. The van der Waals surface area contributed by atoms with Crippen LogP contribution in [0.25, 0.3) is 0 Å². The molecular weight excluding hydrogens is 246 g/mol. The second-order valence-electron chi connectivity index (χ2n) is 6.68. The maximum Gasteiger partial charge on any atom is 0.122 e. The van der Waals surface area contributed by atoms with Crippen LogP contribution in [-0.2, 0) is 5.41 Å². The third-order valence-corrected chi connectivity index (χ3v) is 4.81. The highest BCUT2D eigenvalue weighted by molar-refractivity contribution is 5.41. The largest absolute Gasteiger partial charge is 0.496 e. The SMILES string of the molecule is CCC1CC(CNC(C)C)(c2ccc(C)c(OC)c2)C1. The Labute approximate surface area is 123 Å². The molecule has 2 rings (SSSR count). The molecule has 0 bridgehead atoms. The smallest absolute Gasteiger partial charge is 0.122 e. The van der Waals surface area contributed by atoms with E-state index in [1.807, 2.05) is 0 Å². The third kappa shape index (κ3) is 3.01. The number of aryl methyl sites for hydroxylation is 1. The fourth-order valence-electron chi connectivity index (χ4n) is 3.37. The lowest BCUT2D eigenvalue weighted by atomic mass is 9.57. The predicted octanol–water partition coefficient (Wildman–Crippen LogP) is 4.06. The molecule has 0 spiro atoms. The van der Waals surface area contributed by atoms with E-state index in [2.05, 4.69) is 51.2 Å². The van der Waals surface area contributed by atoms with Gasteiger partial charge < -0.3 is 10.1 Å². The summed E-state index contributed by atoms with van der Waals surface area (Å²) >= 11 is 0. The Morgan fingerprint density at radius 2 is 2.05 bits per heavy atom. The molecule has 1 aromatic carbocycles. The van der Waals surface area contributed by atoms with Crippen LogP contribution in [0.15, 0.2) is 18.2 Å². The van der Waals surface area contributed by atoms with Gasteiger partial charge in [-0.05, 0) is 42.9 Å². The molecule has 2 heteroatoms. The van der Waals surface area contributed by atoms with Gasteiger partial charge in [0.1, 0.15) is 5.75 Å². The van der Waals surface area contributed by atoms with Crippen LogP contribution in [0.5, 0.6) is 5.75 Å². The van der Waals surface area contributed by atoms with Gasteiger partial charge in [0.25, 0.3) is 0 Å². The van der Waals surface area contributed by atoms with Gasteiger partial charge in [0.05, 0.1) is 7.11 Å². The molecule has 1 aliphatic rings. The summed E-state index contributed by atoms with van der Waals surface area (Å²) in [6, 6.07) is 7.29. The Bertz CT molecular complexity index is 447. The lowest BCUT2D eigenvalue weighted by Crippen LogP contribution is -2.49. The van der Waals surface area contributed by atoms with Crippen LogP contribution in [0.4, 0.5) is 0 Å². The lowest BCUT2D eigenvalue weighted by Gasteiger charge is -2.49. The molecule has 1 saturated carbocycles. The minimum atomic E-state index is 0.311. The van der Waals surface area contributed by atoms with Crippen LogP contribution < -0.4 is 10.1 Å². The molecule has 0 saturated heterocycles. The van der Waals surface area contributed by atoms with Gasteiger partial charge in [0.2, 0.25) is 0 Å². The normalized spacial score (nSPS) is 25.6. The molecule has 0 amide bonds. The number of hydrogen-bond donors (Lipinski definition) is 1. The van der Waals surface area contributed by atoms with Crippen molar-refractivity contribution in [2.24, 2.45) is 5.92 Å². The topological polar surface area (TPSA) is 21.3 Å². The van der Waals surface area contributed by atoms with Crippen LogP contribution in [0.2, 0.25) is 0 Å². The highest BCUT2D eigenvalue weighted by Crippen LogP contribution is 2.49. The predicted molar refractivity (Wildman–Crippen MR) is 85.6 cm³/mol. The van der Waals surface area contributed by atoms with Crippen LogP contribution >= 0.6 is 0 Å². The zero-order chi connectivity index (χ0) is 14.8. The average molecular weight is 275 g/mol. The van der Waals surface area contributed by atoms with Gasteiger partial charge in [0, 0.05) is 18.0 Å². The Morgan fingerprint density at radius 1 is 1.35 bits per heavy atom. The maximum atomic E-state index is 5.51. The number of hydrogen-bond acceptors (Lipinski definition) is 2. The molecule has 1 N–H and O–H groups in total. The Morgan fingerprint density at radius 3 is 2.60 bits per heavy atom. The van der Waals surface area contributed by atoms with Crippen molar-refractivity contribution in [1.82, 2.24) is 5.32 Å². The van der Waals surface area contributed by atoms with Gasteiger partial charge in [0.15, 0.2) is 0 Å². The molecule has 0 radical (unpaired) electrons. The fraction of sp³-hybridized carbons (Fsp3) is 0.667. The molecule has 1 aromatic rings. The molecule has 0 aliphatic heterocycles. The summed E-state index contributed by atoms with van der Waals surface area (Å²) in [6.07, 6.45) is 3.90. The summed E-state index contributed by atoms with van der Waals surface area (Å²) in [4.78, 5) is 0. The van der Waals surface area contributed by atoms with Gasteiger partial charge >= 0.3 is 0 Å². The van der Waals surface area contributed by atoms with E-state index in [4.69, 9.17) is 4.74 Å². The number of methoxy groups -OCH3 is 1. The summed E-state index contributed by atoms with van der Waals surface area (Å²) in [5, 5.41) is 3.64. The first-order valence-electron chi connectivity index (χ1n) is 7.89. The number of rotatable bonds is 6. The van der Waals surface area contributed by atoms with Gasteiger partial charge in [-0.25, -0.2) is 0 Å². The number of ether oxygens (including phenoxy) is 1. The molecule has 112 valence electrons. The molecule has 0 heterocycles. The van der Waals surface area contributed by atoms with Gasteiger partial charge in [-0.15, -0.1) is 0 Å². The number of benzene rings is 1. The Kier molecular flexibility index (Phi) is 4.74. The van der Waals surface area contributed by atoms with Crippen LogP contribution in [0, 0.1) is 12.8 Å². The molecule has 2 nitrogen and oxygen atoms in total. The van der Waals surface area contributed by atoms with Crippen LogP contribution in [0.1, 0.15) is 51.2 Å². The summed E-state index contributed by atoms with van der Waals surface area (Å²) in [7, 11) is 1.76. The molecule has 0 aromatic heterocycles. The summed E-state index contributed by atoms with van der Waals surface area (Å²) < 4.78 is 5.51. The first-order chi connectivity index (χ1) is 9.50. The monoisotopic (exact) mass is 275 g/mol. The average Bonchev–Trinajstić information content (AvgIpc) is 2.38. The zero-order valence-electron chi connectivity index (χ0n) is 13.6. The van der Waals surface area contributed by atoms with Crippen molar-refractivity contribution in [3.63, 3.8) is 0 Å².